The van der Waals surface area contributed by atoms with Gasteiger partial charge in [-0.3, -0.25) is 0 Å². The zero-order chi connectivity index (χ0) is 11.4. The van der Waals surface area contributed by atoms with E-state index in [1.807, 2.05) is 0 Å². The van der Waals surface area contributed by atoms with Crippen LogP contribution in [0.5, 0.6) is 0 Å². The zero-order valence-corrected chi connectivity index (χ0v) is 9.18. The van der Waals surface area contributed by atoms with Crippen LogP contribution in [0.1, 0.15) is 42.1 Å². The Labute approximate surface area is 93.8 Å². The molecule has 1 saturated heterocycles. The highest BCUT2D eigenvalue weighted by Gasteiger charge is 2.20. The van der Waals surface area contributed by atoms with Crippen LogP contribution in [0.2, 0.25) is 0 Å². The Bertz CT molecular complexity index is 375. The summed E-state index contributed by atoms with van der Waals surface area (Å²) in [4.78, 5) is 19.5. The number of rotatable bonds is 3. The standard InChI is InChI=1S/C11H14N2O3/c1-2-15-11(14)9-6-8(12-7-13-9)10-4-3-5-16-10/h6-7,10H,2-5H2,1H3/t10-/m1/s1. The molecule has 1 fully saturated rings. The van der Waals surface area contributed by atoms with Crippen molar-refractivity contribution in [1.29, 1.82) is 0 Å². The summed E-state index contributed by atoms with van der Waals surface area (Å²) in [5.74, 6) is -0.413. The summed E-state index contributed by atoms with van der Waals surface area (Å²) in [6, 6.07) is 1.65. The molecular formula is C11H14N2O3. The van der Waals surface area contributed by atoms with Crippen LogP contribution >= 0.6 is 0 Å². The van der Waals surface area contributed by atoms with E-state index < -0.39 is 5.97 Å². The van der Waals surface area contributed by atoms with Gasteiger partial charge in [0, 0.05) is 6.61 Å². The fourth-order valence-corrected chi connectivity index (χ4v) is 1.68. The molecule has 1 atom stereocenters. The minimum atomic E-state index is -0.413. The van der Waals surface area contributed by atoms with Crippen molar-refractivity contribution in [2.45, 2.75) is 25.9 Å². The number of carbonyl (C=O) groups excluding carboxylic acids is 1. The molecule has 0 N–H and O–H groups in total. The van der Waals surface area contributed by atoms with Crippen LogP contribution in [0.15, 0.2) is 12.4 Å². The van der Waals surface area contributed by atoms with Crippen LogP contribution in [0, 0.1) is 0 Å². The number of esters is 1. The Kier molecular flexibility index (Phi) is 3.46. The van der Waals surface area contributed by atoms with Gasteiger partial charge in [0.05, 0.1) is 18.4 Å². The van der Waals surface area contributed by atoms with Crippen LogP contribution in [0.25, 0.3) is 0 Å². The van der Waals surface area contributed by atoms with Gasteiger partial charge in [-0.15, -0.1) is 0 Å². The maximum Gasteiger partial charge on any atom is 0.357 e. The van der Waals surface area contributed by atoms with Gasteiger partial charge < -0.3 is 9.47 Å². The third kappa shape index (κ3) is 2.36. The molecule has 5 heteroatoms. The van der Waals surface area contributed by atoms with Crippen LogP contribution in [0.4, 0.5) is 0 Å². The van der Waals surface area contributed by atoms with Crippen LogP contribution in [-0.4, -0.2) is 29.2 Å². The zero-order valence-electron chi connectivity index (χ0n) is 9.18. The number of hydrogen-bond acceptors (Lipinski definition) is 5. The second-order valence-corrected chi connectivity index (χ2v) is 3.55. The average molecular weight is 222 g/mol. The lowest BCUT2D eigenvalue weighted by Crippen LogP contribution is -2.09. The van der Waals surface area contributed by atoms with E-state index in [4.69, 9.17) is 9.47 Å². The fourth-order valence-electron chi connectivity index (χ4n) is 1.68. The molecule has 86 valence electrons. The molecule has 0 amide bonds. The number of ether oxygens (including phenoxy) is 2. The third-order valence-electron chi connectivity index (χ3n) is 2.43. The monoisotopic (exact) mass is 222 g/mol. The fraction of sp³-hybridized carbons (Fsp3) is 0.545. The smallest absolute Gasteiger partial charge is 0.357 e. The predicted molar refractivity (Wildman–Crippen MR) is 55.9 cm³/mol. The normalized spacial score (nSPS) is 19.7. The molecule has 0 aromatic carbocycles. The first kappa shape index (κ1) is 11.0. The minimum Gasteiger partial charge on any atom is -0.461 e. The molecule has 0 radical (unpaired) electrons. The minimum absolute atomic E-state index is 0.00354. The van der Waals surface area contributed by atoms with E-state index in [1.165, 1.54) is 6.33 Å². The van der Waals surface area contributed by atoms with Gasteiger partial charge in [-0.1, -0.05) is 0 Å². The summed E-state index contributed by atoms with van der Waals surface area (Å²) < 4.78 is 10.4. The number of aromatic nitrogens is 2. The van der Waals surface area contributed by atoms with Crippen molar-refractivity contribution in [3.8, 4) is 0 Å². The molecule has 2 rings (SSSR count). The first-order valence-corrected chi connectivity index (χ1v) is 5.42. The maximum absolute atomic E-state index is 11.5. The van der Waals surface area contributed by atoms with Crippen molar-refractivity contribution in [2.75, 3.05) is 13.2 Å². The summed E-state index contributed by atoms with van der Waals surface area (Å²) in [5.41, 5.74) is 1.05. The van der Waals surface area contributed by atoms with Crippen molar-refractivity contribution in [2.24, 2.45) is 0 Å². The van der Waals surface area contributed by atoms with Gasteiger partial charge in [-0.2, -0.15) is 0 Å². The van der Waals surface area contributed by atoms with Crippen LogP contribution in [-0.2, 0) is 9.47 Å². The van der Waals surface area contributed by atoms with Gasteiger partial charge in [0.15, 0.2) is 5.69 Å². The van der Waals surface area contributed by atoms with Gasteiger partial charge in [0.2, 0.25) is 0 Å². The van der Waals surface area contributed by atoms with E-state index in [-0.39, 0.29) is 6.10 Å². The summed E-state index contributed by atoms with van der Waals surface area (Å²) in [5, 5.41) is 0. The van der Waals surface area contributed by atoms with Gasteiger partial charge in [0.1, 0.15) is 6.33 Å². The molecule has 0 aliphatic carbocycles. The summed E-state index contributed by atoms with van der Waals surface area (Å²) in [6.07, 6.45) is 3.35. The van der Waals surface area contributed by atoms with Crippen molar-refractivity contribution in [3.63, 3.8) is 0 Å². The van der Waals surface area contributed by atoms with Gasteiger partial charge >= 0.3 is 5.97 Å². The highest BCUT2D eigenvalue weighted by Crippen LogP contribution is 2.26. The summed E-state index contributed by atoms with van der Waals surface area (Å²) >= 11 is 0. The quantitative estimate of drug-likeness (QED) is 0.725. The van der Waals surface area contributed by atoms with Crippen LogP contribution < -0.4 is 0 Å². The Morgan fingerprint density at radius 3 is 3.19 bits per heavy atom. The highest BCUT2D eigenvalue weighted by atomic mass is 16.5. The lowest BCUT2D eigenvalue weighted by atomic mass is 10.1. The van der Waals surface area contributed by atoms with Crippen LogP contribution in [0.3, 0.4) is 0 Å². The third-order valence-corrected chi connectivity index (χ3v) is 2.43. The van der Waals surface area contributed by atoms with Crippen molar-refractivity contribution < 1.29 is 14.3 Å². The van der Waals surface area contributed by atoms with E-state index in [0.717, 1.165) is 25.1 Å². The van der Waals surface area contributed by atoms with E-state index in [0.29, 0.717) is 12.3 Å². The summed E-state index contributed by atoms with van der Waals surface area (Å²) in [7, 11) is 0. The SMILES string of the molecule is CCOC(=O)c1cc([C@H]2CCCO2)ncn1. The number of nitrogens with zero attached hydrogens (tertiary/aromatic N) is 2. The second-order valence-electron chi connectivity index (χ2n) is 3.55. The molecule has 1 aliphatic rings. The van der Waals surface area contributed by atoms with E-state index >= 15 is 0 Å². The van der Waals surface area contributed by atoms with Gasteiger partial charge in [0.25, 0.3) is 0 Å². The first-order chi connectivity index (χ1) is 7.81. The largest absolute Gasteiger partial charge is 0.461 e. The Balaban J connectivity index is 2.15. The van der Waals surface area contributed by atoms with E-state index in [9.17, 15) is 4.79 Å². The van der Waals surface area contributed by atoms with E-state index in [1.54, 1.807) is 13.0 Å². The molecule has 1 aromatic heterocycles. The predicted octanol–water partition coefficient (Wildman–Crippen LogP) is 1.50. The molecule has 16 heavy (non-hydrogen) atoms. The Morgan fingerprint density at radius 1 is 1.62 bits per heavy atom. The molecular weight excluding hydrogens is 208 g/mol. The molecule has 5 nitrogen and oxygen atoms in total. The van der Waals surface area contributed by atoms with Gasteiger partial charge in [-0.25, -0.2) is 14.8 Å². The molecule has 0 unspecified atom stereocenters. The average Bonchev–Trinajstić information content (AvgIpc) is 2.83. The number of hydrogen-bond donors (Lipinski definition) is 0. The Morgan fingerprint density at radius 2 is 2.50 bits per heavy atom. The molecule has 0 bridgehead atoms. The van der Waals surface area contributed by atoms with Crippen molar-refractivity contribution in [1.82, 2.24) is 9.97 Å². The maximum atomic E-state index is 11.5. The molecule has 2 heterocycles. The van der Waals surface area contributed by atoms with E-state index in [2.05, 4.69) is 9.97 Å². The Hall–Kier alpha value is -1.49. The lowest BCUT2D eigenvalue weighted by Gasteiger charge is -2.08. The van der Waals surface area contributed by atoms with Crippen molar-refractivity contribution >= 4 is 5.97 Å². The molecule has 1 aromatic rings. The topological polar surface area (TPSA) is 61.3 Å². The summed E-state index contributed by atoms with van der Waals surface area (Å²) in [6.45, 7) is 2.86. The van der Waals surface area contributed by atoms with Gasteiger partial charge in [-0.05, 0) is 25.8 Å². The molecule has 0 spiro atoms. The lowest BCUT2D eigenvalue weighted by molar-refractivity contribution is 0.0518. The highest BCUT2D eigenvalue weighted by molar-refractivity contribution is 5.87. The second kappa shape index (κ2) is 5.03. The molecule has 1 aliphatic heterocycles. The first-order valence-electron chi connectivity index (χ1n) is 5.42. The number of carbonyl (C=O) groups is 1. The van der Waals surface area contributed by atoms with Crippen molar-refractivity contribution in [3.05, 3.63) is 23.8 Å². The molecule has 0 saturated carbocycles.